The van der Waals surface area contributed by atoms with Crippen LogP contribution in [0.4, 0.5) is 5.69 Å². The molecular formula is C14H14N2O4S. The molecule has 0 aliphatic rings. The summed E-state index contributed by atoms with van der Waals surface area (Å²) in [5.41, 5.74) is 0.926. The monoisotopic (exact) mass is 306 g/mol. The van der Waals surface area contributed by atoms with Gasteiger partial charge in [0.05, 0.1) is 16.1 Å². The molecule has 0 fully saturated rings. The molecule has 0 bridgehead atoms. The molecule has 1 aromatic carbocycles. The quantitative estimate of drug-likeness (QED) is 0.932. The van der Waals surface area contributed by atoms with Crippen LogP contribution < -0.4 is 4.31 Å². The summed E-state index contributed by atoms with van der Waals surface area (Å²) in [4.78, 5) is 14.9. The second-order valence-corrected chi connectivity index (χ2v) is 6.43. The highest BCUT2D eigenvalue weighted by Gasteiger charge is 2.23. The number of hydrogen-bond acceptors (Lipinski definition) is 4. The van der Waals surface area contributed by atoms with Crippen LogP contribution in [0.2, 0.25) is 0 Å². The second kappa shape index (κ2) is 5.53. The van der Waals surface area contributed by atoms with Gasteiger partial charge in [-0.05, 0) is 36.8 Å². The minimum absolute atomic E-state index is 0.0285. The molecule has 1 N–H and O–H groups in total. The van der Waals surface area contributed by atoms with E-state index in [4.69, 9.17) is 5.11 Å². The summed E-state index contributed by atoms with van der Waals surface area (Å²) in [6, 6.07) is 7.17. The van der Waals surface area contributed by atoms with Gasteiger partial charge in [0, 0.05) is 19.4 Å². The first-order chi connectivity index (χ1) is 9.84. The number of anilines is 1. The average Bonchev–Trinajstić information content (AvgIpc) is 2.47. The summed E-state index contributed by atoms with van der Waals surface area (Å²) in [7, 11) is -2.41. The van der Waals surface area contributed by atoms with E-state index in [1.807, 2.05) is 0 Å². The van der Waals surface area contributed by atoms with Crippen molar-refractivity contribution in [1.29, 1.82) is 0 Å². The fraction of sp³-hybridized carbons (Fsp3) is 0.143. The molecule has 0 amide bonds. The van der Waals surface area contributed by atoms with Gasteiger partial charge < -0.3 is 5.11 Å². The number of sulfonamides is 1. The number of carboxylic acids is 1. The van der Waals surface area contributed by atoms with Crippen LogP contribution in [0.5, 0.6) is 0 Å². The van der Waals surface area contributed by atoms with Gasteiger partial charge in [-0.15, -0.1) is 0 Å². The first-order valence-corrected chi connectivity index (χ1v) is 7.51. The number of nitrogens with zero attached hydrogens (tertiary/aromatic N) is 2. The van der Waals surface area contributed by atoms with Crippen molar-refractivity contribution in [3.63, 3.8) is 0 Å². The van der Waals surface area contributed by atoms with E-state index in [9.17, 15) is 13.2 Å². The van der Waals surface area contributed by atoms with Gasteiger partial charge >= 0.3 is 5.97 Å². The minimum Gasteiger partial charge on any atom is -0.478 e. The van der Waals surface area contributed by atoms with Gasteiger partial charge in [-0.3, -0.25) is 9.29 Å². The topological polar surface area (TPSA) is 87.6 Å². The molecule has 0 aliphatic heterocycles. The summed E-state index contributed by atoms with van der Waals surface area (Å²) < 4.78 is 26.2. The summed E-state index contributed by atoms with van der Waals surface area (Å²) in [6.45, 7) is 1.62. The second-order valence-electron chi connectivity index (χ2n) is 4.46. The Kier molecular flexibility index (Phi) is 3.95. The molecule has 1 aromatic heterocycles. The third-order valence-electron chi connectivity index (χ3n) is 3.12. The SMILES string of the molecule is Cc1ccc(S(=O)(=O)N(C)c2ccncc2)cc1C(=O)O. The summed E-state index contributed by atoms with van der Waals surface area (Å²) >= 11 is 0. The minimum atomic E-state index is -3.82. The van der Waals surface area contributed by atoms with Crippen LogP contribution in [-0.2, 0) is 10.0 Å². The molecule has 0 aliphatic carbocycles. The van der Waals surface area contributed by atoms with Crippen LogP contribution in [-0.4, -0.2) is 31.5 Å². The fourth-order valence-corrected chi connectivity index (χ4v) is 3.07. The van der Waals surface area contributed by atoms with Crippen LogP contribution in [0.3, 0.4) is 0 Å². The van der Waals surface area contributed by atoms with Gasteiger partial charge in [0.1, 0.15) is 0 Å². The van der Waals surface area contributed by atoms with E-state index in [1.54, 1.807) is 19.1 Å². The van der Waals surface area contributed by atoms with Crippen molar-refractivity contribution >= 4 is 21.7 Å². The average molecular weight is 306 g/mol. The van der Waals surface area contributed by atoms with Crippen LogP contribution in [0, 0.1) is 6.92 Å². The Morgan fingerprint density at radius 3 is 2.38 bits per heavy atom. The summed E-state index contributed by atoms with van der Waals surface area (Å²) in [5, 5.41) is 9.09. The highest BCUT2D eigenvalue weighted by Crippen LogP contribution is 2.23. The number of aryl methyl sites for hydroxylation is 1. The number of pyridine rings is 1. The Morgan fingerprint density at radius 2 is 1.81 bits per heavy atom. The third kappa shape index (κ3) is 2.87. The number of carboxylic acid groups (broad SMARTS) is 1. The molecule has 0 unspecified atom stereocenters. The molecule has 1 heterocycles. The summed E-state index contributed by atoms with van der Waals surface area (Å²) in [6.07, 6.45) is 2.97. The Labute approximate surface area is 122 Å². The first-order valence-electron chi connectivity index (χ1n) is 6.07. The zero-order valence-electron chi connectivity index (χ0n) is 11.5. The maximum Gasteiger partial charge on any atom is 0.335 e. The summed E-state index contributed by atoms with van der Waals surface area (Å²) in [5.74, 6) is -1.16. The van der Waals surface area contributed by atoms with Gasteiger partial charge in [-0.25, -0.2) is 13.2 Å². The van der Waals surface area contributed by atoms with Crippen molar-refractivity contribution < 1.29 is 18.3 Å². The van der Waals surface area contributed by atoms with E-state index in [1.165, 1.54) is 37.6 Å². The molecule has 21 heavy (non-hydrogen) atoms. The zero-order valence-corrected chi connectivity index (χ0v) is 12.3. The molecule has 0 saturated carbocycles. The van der Waals surface area contributed by atoms with Crippen LogP contribution in [0.25, 0.3) is 0 Å². The Morgan fingerprint density at radius 1 is 1.19 bits per heavy atom. The number of aromatic nitrogens is 1. The molecule has 0 spiro atoms. The van der Waals surface area contributed by atoms with Gasteiger partial charge in [-0.2, -0.15) is 0 Å². The van der Waals surface area contributed by atoms with Crippen molar-refractivity contribution in [3.05, 3.63) is 53.9 Å². The lowest BCUT2D eigenvalue weighted by Crippen LogP contribution is -2.26. The van der Waals surface area contributed by atoms with Gasteiger partial charge in [0.2, 0.25) is 0 Å². The van der Waals surface area contributed by atoms with E-state index in [-0.39, 0.29) is 10.5 Å². The maximum atomic E-state index is 12.5. The fourth-order valence-electron chi connectivity index (χ4n) is 1.84. The van der Waals surface area contributed by atoms with Crippen molar-refractivity contribution in [2.45, 2.75) is 11.8 Å². The number of hydrogen-bond donors (Lipinski definition) is 1. The van der Waals surface area contributed by atoms with E-state index in [0.717, 1.165) is 4.31 Å². The van der Waals surface area contributed by atoms with Crippen LogP contribution in [0.15, 0.2) is 47.6 Å². The largest absolute Gasteiger partial charge is 0.478 e. The zero-order chi connectivity index (χ0) is 15.6. The van der Waals surface area contributed by atoms with Crippen molar-refractivity contribution in [1.82, 2.24) is 4.98 Å². The number of carbonyl (C=O) groups is 1. The van der Waals surface area contributed by atoms with Crippen LogP contribution in [0.1, 0.15) is 15.9 Å². The molecule has 7 heteroatoms. The van der Waals surface area contributed by atoms with E-state index < -0.39 is 16.0 Å². The van der Waals surface area contributed by atoms with Crippen molar-refractivity contribution in [2.75, 3.05) is 11.4 Å². The highest BCUT2D eigenvalue weighted by molar-refractivity contribution is 7.92. The Balaban J connectivity index is 2.50. The molecule has 6 nitrogen and oxygen atoms in total. The molecule has 110 valence electrons. The lowest BCUT2D eigenvalue weighted by atomic mass is 10.1. The first kappa shape index (κ1) is 15.0. The van der Waals surface area contributed by atoms with Gasteiger partial charge in [-0.1, -0.05) is 6.07 Å². The number of aromatic carboxylic acids is 1. The Hall–Kier alpha value is -2.41. The molecule has 0 saturated heterocycles. The normalized spacial score (nSPS) is 11.1. The van der Waals surface area contributed by atoms with Crippen LogP contribution >= 0.6 is 0 Å². The molecule has 2 rings (SSSR count). The molecule has 0 radical (unpaired) electrons. The number of rotatable bonds is 4. The lowest BCUT2D eigenvalue weighted by Gasteiger charge is -2.19. The van der Waals surface area contributed by atoms with E-state index in [0.29, 0.717) is 11.3 Å². The third-order valence-corrected chi connectivity index (χ3v) is 4.91. The van der Waals surface area contributed by atoms with E-state index >= 15 is 0 Å². The number of benzene rings is 1. The van der Waals surface area contributed by atoms with Crippen molar-refractivity contribution in [3.8, 4) is 0 Å². The van der Waals surface area contributed by atoms with E-state index in [2.05, 4.69) is 4.98 Å². The maximum absolute atomic E-state index is 12.5. The van der Waals surface area contributed by atoms with Gasteiger partial charge in [0.25, 0.3) is 10.0 Å². The Bertz CT molecular complexity index is 773. The highest BCUT2D eigenvalue weighted by atomic mass is 32.2. The smallest absolute Gasteiger partial charge is 0.335 e. The lowest BCUT2D eigenvalue weighted by molar-refractivity contribution is 0.0696. The standard InChI is InChI=1S/C14H14N2O4S/c1-10-3-4-12(9-13(10)14(17)18)21(19,20)16(2)11-5-7-15-8-6-11/h3-9H,1-2H3,(H,17,18). The van der Waals surface area contributed by atoms with Crippen molar-refractivity contribution in [2.24, 2.45) is 0 Å². The predicted molar refractivity (Wildman–Crippen MR) is 78.0 cm³/mol. The predicted octanol–water partition coefficient (Wildman–Crippen LogP) is 1.91. The molecular weight excluding hydrogens is 292 g/mol. The molecule has 0 atom stereocenters. The van der Waals surface area contributed by atoms with Gasteiger partial charge in [0.15, 0.2) is 0 Å². The molecule has 2 aromatic rings.